The van der Waals surface area contributed by atoms with Crippen LogP contribution in [0.4, 0.5) is 0 Å². The lowest BCUT2D eigenvalue weighted by Gasteiger charge is -2.26. The Morgan fingerprint density at radius 2 is 2.00 bits per heavy atom. The van der Waals surface area contributed by atoms with E-state index in [4.69, 9.17) is 0 Å². The fourth-order valence-electron chi connectivity index (χ4n) is 3.95. The van der Waals surface area contributed by atoms with Crippen molar-refractivity contribution in [3.05, 3.63) is 17.7 Å². The highest BCUT2D eigenvalue weighted by Crippen LogP contribution is 2.25. The molecular formula is C17H31N5O. The second-order valence-corrected chi connectivity index (χ2v) is 7.37. The standard InChI is InChI=1S/C17H31N5O/c1-14-8-18-17(19-14)12-22-10-15(16(11-22)13-23)9-21-5-3-4-20(2)6-7-21/h8,15-16,23H,3-7,9-13H2,1-2H3,(H,18,19)/t15-,16-/m1/s1. The Morgan fingerprint density at radius 3 is 2.74 bits per heavy atom. The van der Waals surface area contributed by atoms with E-state index in [9.17, 15) is 5.11 Å². The zero-order valence-electron chi connectivity index (χ0n) is 14.5. The van der Waals surface area contributed by atoms with E-state index in [1.807, 2.05) is 13.1 Å². The molecule has 0 spiro atoms. The molecule has 0 aliphatic carbocycles. The predicted octanol–water partition coefficient (Wildman–Crippen LogP) is 0.396. The van der Waals surface area contributed by atoms with E-state index < -0.39 is 0 Å². The minimum atomic E-state index is 0.298. The first-order valence-corrected chi connectivity index (χ1v) is 8.88. The zero-order chi connectivity index (χ0) is 16.2. The van der Waals surface area contributed by atoms with Gasteiger partial charge in [0.25, 0.3) is 0 Å². The van der Waals surface area contributed by atoms with Crippen LogP contribution in [0, 0.1) is 18.8 Å². The average Bonchev–Trinajstić information content (AvgIpc) is 3.04. The number of likely N-dealkylation sites (tertiary alicyclic amines) is 1. The molecule has 1 aromatic heterocycles. The number of aromatic nitrogens is 2. The van der Waals surface area contributed by atoms with Crippen LogP contribution in [0.15, 0.2) is 6.20 Å². The number of nitrogens with zero attached hydrogens (tertiary/aromatic N) is 4. The molecule has 3 heterocycles. The number of aryl methyl sites for hydroxylation is 1. The van der Waals surface area contributed by atoms with Gasteiger partial charge in [0.1, 0.15) is 5.82 Å². The van der Waals surface area contributed by atoms with E-state index in [0.717, 1.165) is 50.8 Å². The van der Waals surface area contributed by atoms with Crippen LogP contribution in [-0.4, -0.2) is 89.2 Å². The predicted molar refractivity (Wildman–Crippen MR) is 91.2 cm³/mol. The number of rotatable bonds is 5. The first-order valence-electron chi connectivity index (χ1n) is 8.88. The Bertz CT molecular complexity index is 491. The van der Waals surface area contributed by atoms with Crippen molar-refractivity contribution in [2.24, 2.45) is 11.8 Å². The van der Waals surface area contributed by atoms with E-state index in [2.05, 4.69) is 31.7 Å². The molecule has 0 radical (unpaired) electrons. The van der Waals surface area contributed by atoms with Crippen LogP contribution in [0.25, 0.3) is 0 Å². The molecular weight excluding hydrogens is 290 g/mol. The van der Waals surface area contributed by atoms with Gasteiger partial charge in [0.2, 0.25) is 0 Å². The summed E-state index contributed by atoms with van der Waals surface area (Å²) in [6.45, 7) is 11.1. The number of imidazole rings is 1. The minimum Gasteiger partial charge on any atom is -0.396 e. The second kappa shape index (κ2) is 7.75. The Morgan fingerprint density at radius 1 is 1.17 bits per heavy atom. The molecule has 2 N–H and O–H groups in total. The average molecular weight is 321 g/mol. The third-order valence-corrected chi connectivity index (χ3v) is 5.32. The molecule has 2 aliphatic rings. The van der Waals surface area contributed by atoms with Gasteiger partial charge in [0.15, 0.2) is 0 Å². The summed E-state index contributed by atoms with van der Waals surface area (Å²) in [5.41, 5.74) is 1.11. The molecule has 2 fully saturated rings. The van der Waals surface area contributed by atoms with Gasteiger partial charge in [-0.3, -0.25) is 4.90 Å². The summed E-state index contributed by atoms with van der Waals surface area (Å²) >= 11 is 0. The van der Waals surface area contributed by atoms with Gasteiger partial charge in [-0.25, -0.2) is 4.98 Å². The SMILES string of the molecule is Cc1cnc(CN2C[C@@H](CN3CCCN(C)CC3)[C@@H](CO)C2)[nH]1. The van der Waals surface area contributed by atoms with Gasteiger partial charge in [0, 0.05) is 51.2 Å². The largest absolute Gasteiger partial charge is 0.396 e. The van der Waals surface area contributed by atoms with Gasteiger partial charge < -0.3 is 19.9 Å². The highest BCUT2D eigenvalue weighted by atomic mass is 16.3. The number of hydrogen-bond acceptors (Lipinski definition) is 5. The van der Waals surface area contributed by atoms with Crippen molar-refractivity contribution < 1.29 is 5.11 Å². The van der Waals surface area contributed by atoms with Crippen LogP contribution < -0.4 is 0 Å². The van der Waals surface area contributed by atoms with Crippen LogP contribution in [0.1, 0.15) is 17.9 Å². The van der Waals surface area contributed by atoms with Gasteiger partial charge in [-0.05, 0) is 45.3 Å². The molecule has 2 aliphatic heterocycles. The molecule has 23 heavy (non-hydrogen) atoms. The van der Waals surface area contributed by atoms with Crippen molar-refractivity contribution in [1.82, 2.24) is 24.7 Å². The topological polar surface area (TPSA) is 58.6 Å². The van der Waals surface area contributed by atoms with Crippen molar-refractivity contribution in [2.75, 3.05) is 59.5 Å². The summed E-state index contributed by atoms with van der Waals surface area (Å²) in [5, 5.41) is 9.77. The number of hydrogen-bond donors (Lipinski definition) is 2. The van der Waals surface area contributed by atoms with Crippen molar-refractivity contribution in [3.8, 4) is 0 Å². The lowest BCUT2D eigenvalue weighted by Crippen LogP contribution is -2.36. The number of aromatic amines is 1. The van der Waals surface area contributed by atoms with Crippen LogP contribution in [0.5, 0.6) is 0 Å². The first-order chi connectivity index (χ1) is 11.1. The van der Waals surface area contributed by atoms with Crippen LogP contribution in [-0.2, 0) is 6.54 Å². The zero-order valence-corrected chi connectivity index (χ0v) is 14.5. The maximum absolute atomic E-state index is 9.77. The molecule has 0 bridgehead atoms. The fraction of sp³-hybridized carbons (Fsp3) is 0.824. The van der Waals surface area contributed by atoms with Gasteiger partial charge >= 0.3 is 0 Å². The van der Waals surface area contributed by atoms with Gasteiger partial charge in [0.05, 0.1) is 6.54 Å². The van der Waals surface area contributed by atoms with Crippen molar-refractivity contribution >= 4 is 0 Å². The van der Waals surface area contributed by atoms with E-state index >= 15 is 0 Å². The maximum atomic E-state index is 9.77. The van der Waals surface area contributed by atoms with E-state index in [1.54, 1.807) is 0 Å². The van der Waals surface area contributed by atoms with E-state index in [0.29, 0.717) is 18.4 Å². The van der Waals surface area contributed by atoms with E-state index in [-0.39, 0.29) is 0 Å². The Labute approximate surface area is 139 Å². The summed E-state index contributed by atoms with van der Waals surface area (Å²) in [7, 11) is 2.21. The summed E-state index contributed by atoms with van der Waals surface area (Å²) in [6, 6.07) is 0. The van der Waals surface area contributed by atoms with Crippen LogP contribution >= 0.6 is 0 Å². The summed E-state index contributed by atoms with van der Waals surface area (Å²) in [5.74, 6) is 2.00. The molecule has 1 aromatic rings. The third kappa shape index (κ3) is 4.53. The molecule has 6 heteroatoms. The molecule has 0 saturated carbocycles. The minimum absolute atomic E-state index is 0.298. The first kappa shape index (κ1) is 16.9. The van der Waals surface area contributed by atoms with Crippen molar-refractivity contribution in [1.29, 1.82) is 0 Å². The molecule has 0 amide bonds. The summed E-state index contributed by atoms with van der Waals surface area (Å²) in [4.78, 5) is 15.2. The Hall–Kier alpha value is -0.950. The number of likely N-dealkylation sites (N-methyl/N-ethyl adjacent to an activating group) is 1. The normalized spacial score (nSPS) is 28.3. The summed E-state index contributed by atoms with van der Waals surface area (Å²) < 4.78 is 0. The van der Waals surface area contributed by atoms with Gasteiger partial charge in [-0.15, -0.1) is 0 Å². The molecule has 2 saturated heterocycles. The van der Waals surface area contributed by atoms with E-state index in [1.165, 1.54) is 19.5 Å². The van der Waals surface area contributed by atoms with Crippen LogP contribution in [0.3, 0.4) is 0 Å². The van der Waals surface area contributed by atoms with Crippen molar-refractivity contribution in [2.45, 2.75) is 19.9 Å². The molecule has 2 atom stereocenters. The van der Waals surface area contributed by atoms with Gasteiger partial charge in [-0.2, -0.15) is 0 Å². The third-order valence-electron chi connectivity index (χ3n) is 5.32. The fourth-order valence-corrected chi connectivity index (χ4v) is 3.95. The number of H-pyrrole nitrogens is 1. The highest BCUT2D eigenvalue weighted by molar-refractivity contribution is 4.99. The quantitative estimate of drug-likeness (QED) is 0.822. The molecule has 0 unspecified atom stereocenters. The Balaban J connectivity index is 1.54. The molecule has 6 nitrogen and oxygen atoms in total. The van der Waals surface area contributed by atoms with Crippen LogP contribution in [0.2, 0.25) is 0 Å². The molecule has 0 aromatic carbocycles. The molecule has 130 valence electrons. The smallest absolute Gasteiger partial charge is 0.120 e. The lowest BCUT2D eigenvalue weighted by atomic mass is 9.96. The maximum Gasteiger partial charge on any atom is 0.120 e. The Kier molecular flexibility index (Phi) is 5.69. The lowest BCUT2D eigenvalue weighted by molar-refractivity contribution is 0.165. The summed E-state index contributed by atoms with van der Waals surface area (Å²) in [6.07, 6.45) is 3.14. The monoisotopic (exact) mass is 321 g/mol. The highest BCUT2D eigenvalue weighted by Gasteiger charge is 2.33. The number of aliphatic hydroxyl groups excluding tert-OH is 1. The van der Waals surface area contributed by atoms with Gasteiger partial charge in [-0.1, -0.05) is 0 Å². The number of aliphatic hydroxyl groups is 1. The number of nitrogens with one attached hydrogen (secondary N) is 1. The second-order valence-electron chi connectivity index (χ2n) is 7.37. The van der Waals surface area contributed by atoms with Crippen molar-refractivity contribution in [3.63, 3.8) is 0 Å². The molecule has 3 rings (SSSR count).